The molecule has 1 fully saturated rings. The van der Waals surface area contributed by atoms with Crippen molar-refractivity contribution in [1.82, 2.24) is 24.9 Å². The summed E-state index contributed by atoms with van der Waals surface area (Å²) in [5, 5.41) is 9.91. The molecule has 3 aromatic carbocycles. The van der Waals surface area contributed by atoms with E-state index < -0.39 is 6.03 Å². The van der Waals surface area contributed by atoms with E-state index in [1.807, 2.05) is 66.4 Å². The zero-order valence-electron chi connectivity index (χ0n) is 25.8. The van der Waals surface area contributed by atoms with Gasteiger partial charge < -0.3 is 20.9 Å². The van der Waals surface area contributed by atoms with Crippen LogP contribution in [0, 0.1) is 11.8 Å². The van der Waals surface area contributed by atoms with Crippen LogP contribution in [0.15, 0.2) is 66.7 Å². The Morgan fingerprint density at radius 3 is 2.54 bits per heavy atom. The van der Waals surface area contributed by atoms with Gasteiger partial charge in [0.05, 0.1) is 17.3 Å². The monoisotopic (exact) mass is 672 g/mol. The van der Waals surface area contributed by atoms with Crippen molar-refractivity contribution in [3.05, 3.63) is 110 Å². The van der Waals surface area contributed by atoms with Gasteiger partial charge in [0, 0.05) is 90.2 Å². The molecule has 0 spiro atoms. The summed E-state index contributed by atoms with van der Waals surface area (Å²) in [5.41, 5.74) is 13.7. The highest BCUT2D eigenvalue weighted by atomic mass is 35.5. The van der Waals surface area contributed by atoms with E-state index in [1.165, 1.54) is 22.8 Å². The maximum absolute atomic E-state index is 12.1. The predicted molar refractivity (Wildman–Crippen MR) is 189 cm³/mol. The van der Waals surface area contributed by atoms with Gasteiger partial charge in [0.1, 0.15) is 0 Å². The number of halogens is 2. The Bertz CT molecular complexity index is 1740. The Hall–Kier alpha value is -3.45. The van der Waals surface area contributed by atoms with Crippen LogP contribution in [0.1, 0.15) is 39.9 Å². The lowest BCUT2D eigenvalue weighted by Gasteiger charge is -2.27. The maximum Gasteiger partial charge on any atom is 0.315 e. The molecule has 1 saturated heterocycles. The number of aromatic nitrogens is 2. The maximum atomic E-state index is 12.1. The first-order valence-electron chi connectivity index (χ1n) is 15.7. The summed E-state index contributed by atoms with van der Waals surface area (Å²) in [6.45, 7) is 6.74. The van der Waals surface area contributed by atoms with Crippen LogP contribution in [-0.2, 0) is 32.6 Å². The Morgan fingerprint density at radius 2 is 1.74 bits per heavy atom. The van der Waals surface area contributed by atoms with Gasteiger partial charge in [0.25, 0.3) is 0 Å². The molecule has 4 aromatic rings. The molecule has 0 bridgehead atoms. The summed E-state index contributed by atoms with van der Waals surface area (Å²) in [6.07, 6.45) is 1.77. The van der Waals surface area contributed by atoms with Crippen molar-refractivity contribution in [2.45, 2.75) is 39.0 Å². The number of carbonyl (C=O) groups is 1. The third kappa shape index (κ3) is 8.28. The van der Waals surface area contributed by atoms with Crippen LogP contribution >= 0.6 is 35.0 Å². The molecule has 46 heavy (non-hydrogen) atoms. The predicted octanol–water partition coefficient (Wildman–Crippen LogP) is 6.42. The third-order valence-corrected chi connectivity index (χ3v) is 10.00. The fourth-order valence-electron chi connectivity index (χ4n) is 5.98. The number of amides is 2. The molecule has 3 N–H and O–H groups in total. The topological polar surface area (TPSA) is 79.4 Å². The zero-order chi connectivity index (χ0) is 31.9. The second-order valence-electron chi connectivity index (χ2n) is 11.7. The number of fused-ring (bicyclic) bond motifs is 1. The molecule has 238 valence electrons. The van der Waals surface area contributed by atoms with Gasteiger partial charge in [0.15, 0.2) is 0 Å². The van der Waals surface area contributed by atoms with Gasteiger partial charge in [-0.1, -0.05) is 65.4 Å². The molecule has 3 heterocycles. The molecule has 2 aliphatic rings. The van der Waals surface area contributed by atoms with Gasteiger partial charge in [-0.15, -0.1) is 0 Å². The Morgan fingerprint density at radius 1 is 0.935 bits per heavy atom. The average Bonchev–Trinajstić information content (AvgIpc) is 3.44. The number of urea groups is 1. The highest BCUT2D eigenvalue weighted by Gasteiger charge is 2.27. The lowest BCUT2D eigenvalue weighted by atomic mass is 9.99. The van der Waals surface area contributed by atoms with E-state index in [1.54, 1.807) is 4.90 Å². The number of aryl methyl sites for hydroxylation is 1. The van der Waals surface area contributed by atoms with Crippen LogP contribution in [0.25, 0.3) is 11.3 Å². The van der Waals surface area contributed by atoms with E-state index in [4.69, 9.17) is 34.0 Å². The Kier molecular flexibility index (Phi) is 10.9. The summed E-state index contributed by atoms with van der Waals surface area (Å²) >= 11 is 14.7. The number of hydrogen-bond donors (Lipinski definition) is 2. The molecule has 2 aliphatic heterocycles. The number of primary amides is 1. The van der Waals surface area contributed by atoms with Crippen LogP contribution in [0.2, 0.25) is 10.0 Å². The minimum atomic E-state index is -0.405. The van der Waals surface area contributed by atoms with Crippen molar-refractivity contribution in [2.75, 3.05) is 37.7 Å². The number of nitrogens with zero attached hydrogens (tertiary/aromatic N) is 4. The summed E-state index contributed by atoms with van der Waals surface area (Å²) in [6, 6.07) is 21.6. The Balaban J connectivity index is 1.19. The van der Waals surface area contributed by atoms with Gasteiger partial charge in [-0.25, -0.2) is 4.79 Å². The summed E-state index contributed by atoms with van der Waals surface area (Å²) in [5.74, 6) is 9.02. The minimum Gasteiger partial charge on any atom is -0.351 e. The number of nitrogens with two attached hydrogens (primary N) is 1. The molecule has 0 radical (unpaired) electrons. The second kappa shape index (κ2) is 15.4. The first-order chi connectivity index (χ1) is 22.4. The van der Waals surface area contributed by atoms with Crippen LogP contribution in [0.3, 0.4) is 0 Å². The first-order valence-corrected chi connectivity index (χ1v) is 17.6. The quantitative estimate of drug-likeness (QED) is 0.201. The molecular weight excluding hydrogens is 635 g/mol. The molecule has 2 amide bonds. The van der Waals surface area contributed by atoms with Crippen molar-refractivity contribution in [3.8, 4) is 23.1 Å². The molecule has 0 unspecified atom stereocenters. The van der Waals surface area contributed by atoms with Gasteiger partial charge >= 0.3 is 6.03 Å². The van der Waals surface area contributed by atoms with E-state index in [0.717, 1.165) is 90.6 Å². The van der Waals surface area contributed by atoms with E-state index in [-0.39, 0.29) is 0 Å². The first kappa shape index (κ1) is 32.5. The summed E-state index contributed by atoms with van der Waals surface area (Å²) in [7, 11) is 0. The fraction of sp³-hybridized carbons (Fsp3) is 0.333. The molecule has 1 aromatic heterocycles. The van der Waals surface area contributed by atoms with Gasteiger partial charge in [-0.3, -0.25) is 4.68 Å². The zero-order valence-corrected chi connectivity index (χ0v) is 28.1. The molecule has 0 aliphatic carbocycles. The van der Waals surface area contributed by atoms with Crippen LogP contribution in [0.4, 0.5) is 4.79 Å². The number of hydrogen-bond acceptors (Lipinski definition) is 5. The molecule has 0 atom stereocenters. The normalized spacial score (nSPS) is 14.9. The van der Waals surface area contributed by atoms with E-state index in [9.17, 15) is 4.79 Å². The van der Waals surface area contributed by atoms with Crippen molar-refractivity contribution in [2.24, 2.45) is 5.73 Å². The number of carbonyl (C=O) groups excluding carboxylic acids is 1. The molecule has 6 rings (SSSR count). The van der Waals surface area contributed by atoms with Crippen molar-refractivity contribution < 1.29 is 4.79 Å². The van der Waals surface area contributed by atoms with Crippen LogP contribution in [0.5, 0.6) is 0 Å². The SMILES string of the molecule is NC(=O)N1CCc2c(c(-c3ccc(Cl)c(C#Cc4cccc(CNCc5ccc(Cl)cc5)c4)c3)nn2CCCN2CCSCC2)C1. The molecule has 10 heteroatoms. The second-order valence-corrected chi connectivity index (χ2v) is 13.8. The van der Waals surface area contributed by atoms with E-state index in [2.05, 4.69) is 38.9 Å². The fourth-order valence-corrected chi connectivity index (χ4v) is 7.25. The highest BCUT2D eigenvalue weighted by Crippen LogP contribution is 2.32. The van der Waals surface area contributed by atoms with Gasteiger partial charge in [-0.05, 0) is 60.5 Å². The number of rotatable bonds is 9. The highest BCUT2D eigenvalue weighted by molar-refractivity contribution is 7.99. The molecule has 7 nitrogen and oxygen atoms in total. The molecular formula is C36H38Cl2N6OS. The largest absolute Gasteiger partial charge is 0.351 e. The Labute approximate surface area is 285 Å². The average molecular weight is 674 g/mol. The minimum absolute atomic E-state index is 0.405. The van der Waals surface area contributed by atoms with E-state index in [0.29, 0.717) is 18.1 Å². The van der Waals surface area contributed by atoms with Crippen molar-refractivity contribution >= 4 is 41.0 Å². The lowest BCUT2D eigenvalue weighted by molar-refractivity contribution is 0.201. The van der Waals surface area contributed by atoms with Crippen LogP contribution in [-0.4, -0.2) is 63.3 Å². The van der Waals surface area contributed by atoms with Crippen molar-refractivity contribution in [3.63, 3.8) is 0 Å². The molecule has 0 saturated carbocycles. The summed E-state index contributed by atoms with van der Waals surface area (Å²) in [4.78, 5) is 16.3. The van der Waals surface area contributed by atoms with E-state index >= 15 is 0 Å². The van der Waals surface area contributed by atoms with Crippen LogP contribution < -0.4 is 11.1 Å². The number of benzene rings is 3. The number of nitrogens with one attached hydrogen (secondary N) is 1. The summed E-state index contributed by atoms with van der Waals surface area (Å²) < 4.78 is 2.15. The lowest BCUT2D eigenvalue weighted by Crippen LogP contribution is -2.39. The van der Waals surface area contributed by atoms with Gasteiger partial charge in [-0.2, -0.15) is 16.9 Å². The van der Waals surface area contributed by atoms with Gasteiger partial charge in [0.2, 0.25) is 0 Å². The van der Waals surface area contributed by atoms with Crippen molar-refractivity contribution in [1.29, 1.82) is 0 Å². The third-order valence-electron chi connectivity index (χ3n) is 8.47. The standard InChI is InChI=1S/C36H38Cl2N6OS/c37-31-10-6-27(7-11-31)23-40-24-28-4-1-3-26(21-28)5-8-29-22-30(9-12-33(29)38)35-32-25-43(36(39)45)16-13-34(32)44(41-35)15-2-14-42-17-19-46-20-18-42/h1,3-4,6-7,9-12,21-22,40H,2,13-20,23-25H2,(H2,39,45). The number of thioether (sulfide) groups is 1. The smallest absolute Gasteiger partial charge is 0.315 e.